The Balaban J connectivity index is 1.83. The highest BCUT2D eigenvalue weighted by atomic mass is 16.4. The Morgan fingerprint density at radius 3 is 2.95 bits per heavy atom. The average Bonchev–Trinajstić information content (AvgIpc) is 2.95. The summed E-state index contributed by atoms with van der Waals surface area (Å²) in [6.45, 7) is 0.623. The molecule has 0 radical (unpaired) electrons. The number of fused-ring (bicyclic) bond motifs is 1. The zero-order chi connectivity index (χ0) is 14.8. The lowest BCUT2D eigenvalue weighted by Gasteiger charge is -2.30. The molecule has 0 saturated heterocycles. The van der Waals surface area contributed by atoms with Crippen molar-refractivity contribution in [3.8, 4) is 0 Å². The summed E-state index contributed by atoms with van der Waals surface area (Å²) in [7, 11) is 0. The molecule has 0 aliphatic carbocycles. The number of anilines is 2. The Labute approximate surface area is 120 Å². The number of hydrogen-bond donors (Lipinski definition) is 3. The van der Waals surface area contributed by atoms with Crippen molar-refractivity contribution in [1.82, 2.24) is 5.43 Å². The van der Waals surface area contributed by atoms with Crippen LogP contribution in [-0.2, 0) is 11.3 Å². The zero-order valence-electron chi connectivity index (χ0n) is 11.1. The first-order valence-corrected chi connectivity index (χ1v) is 6.41. The molecule has 3 rings (SSSR count). The Morgan fingerprint density at radius 1 is 1.33 bits per heavy atom. The van der Waals surface area contributed by atoms with Gasteiger partial charge < -0.3 is 14.6 Å². The number of nitrogens with one attached hydrogen (secondary N) is 2. The average molecular weight is 286 g/mol. The predicted molar refractivity (Wildman–Crippen MR) is 76.5 cm³/mol. The van der Waals surface area contributed by atoms with Crippen LogP contribution in [0.2, 0.25) is 0 Å². The molecule has 0 spiro atoms. The maximum atomic E-state index is 11.7. The molecule has 1 aromatic heterocycles. The van der Waals surface area contributed by atoms with Crippen molar-refractivity contribution in [2.24, 2.45) is 5.84 Å². The van der Waals surface area contributed by atoms with Crippen LogP contribution >= 0.6 is 0 Å². The lowest BCUT2D eigenvalue weighted by molar-refractivity contribution is -0.115. The highest BCUT2D eigenvalue weighted by Crippen LogP contribution is 2.30. The monoisotopic (exact) mass is 286 g/mol. The Morgan fingerprint density at radius 2 is 2.14 bits per heavy atom. The van der Waals surface area contributed by atoms with E-state index in [0.717, 1.165) is 11.4 Å². The second-order valence-electron chi connectivity index (χ2n) is 4.66. The summed E-state index contributed by atoms with van der Waals surface area (Å²) in [5, 5.41) is 2.82. The lowest BCUT2D eigenvalue weighted by atomic mass is 10.2. The first-order chi connectivity index (χ1) is 10.2. The van der Waals surface area contributed by atoms with Crippen LogP contribution in [0.5, 0.6) is 0 Å². The Hall–Kier alpha value is -2.80. The van der Waals surface area contributed by atoms with Gasteiger partial charge in [0.25, 0.3) is 0 Å². The van der Waals surface area contributed by atoms with Gasteiger partial charge in [-0.15, -0.1) is 0 Å². The largest absolute Gasteiger partial charge is 0.454 e. The number of hydrazine groups is 1. The summed E-state index contributed by atoms with van der Waals surface area (Å²) in [4.78, 5) is 25.0. The fraction of sp³-hybridized carbons (Fsp3) is 0.143. The fourth-order valence-corrected chi connectivity index (χ4v) is 2.29. The topological polar surface area (TPSA) is 101 Å². The standard InChI is InChI=1S/C14H14N4O3/c15-17-14(20)12-6-5-9(21-12)7-18-8-13(19)16-10-3-1-2-4-11(10)18/h1-6H,7-8,15H2,(H,16,19)(H,17,20). The van der Waals surface area contributed by atoms with Gasteiger partial charge in [0.15, 0.2) is 5.76 Å². The smallest absolute Gasteiger partial charge is 0.300 e. The number of benzene rings is 1. The minimum absolute atomic E-state index is 0.0832. The molecule has 1 aromatic carbocycles. The highest BCUT2D eigenvalue weighted by molar-refractivity contribution is 6.01. The third kappa shape index (κ3) is 2.59. The molecule has 0 unspecified atom stereocenters. The summed E-state index contributed by atoms with van der Waals surface area (Å²) in [5.41, 5.74) is 3.69. The summed E-state index contributed by atoms with van der Waals surface area (Å²) < 4.78 is 5.42. The molecule has 0 fully saturated rings. The minimum atomic E-state index is -0.488. The number of furan rings is 1. The summed E-state index contributed by atoms with van der Waals surface area (Å²) in [6, 6.07) is 10.8. The molecule has 2 amide bonds. The molecule has 108 valence electrons. The van der Waals surface area contributed by atoms with Crippen molar-refractivity contribution in [3.63, 3.8) is 0 Å². The number of hydrogen-bond acceptors (Lipinski definition) is 5. The van der Waals surface area contributed by atoms with Gasteiger partial charge in [-0.05, 0) is 24.3 Å². The van der Waals surface area contributed by atoms with Crippen LogP contribution in [0.3, 0.4) is 0 Å². The van der Waals surface area contributed by atoms with Crippen LogP contribution in [0.25, 0.3) is 0 Å². The number of nitrogen functional groups attached to an aromatic ring is 1. The molecular weight excluding hydrogens is 272 g/mol. The van der Waals surface area contributed by atoms with E-state index in [1.807, 2.05) is 34.6 Å². The van der Waals surface area contributed by atoms with Gasteiger partial charge in [-0.2, -0.15) is 0 Å². The van der Waals surface area contributed by atoms with E-state index in [0.29, 0.717) is 12.3 Å². The van der Waals surface area contributed by atoms with Gasteiger partial charge in [-0.25, -0.2) is 5.84 Å². The normalized spacial score (nSPS) is 13.6. The number of amides is 2. The number of rotatable bonds is 3. The summed E-state index contributed by atoms with van der Waals surface area (Å²) in [6.07, 6.45) is 0. The summed E-state index contributed by atoms with van der Waals surface area (Å²) >= 11 is 0. The van der Waals surface area contributed by atoms with Crippen LogP contribution in [0.15, 0.2) is 40.8 Å². The van der Waals surface area contributed by atoms with Crippen molar-refractivity contribution in [2.45, 2.75) is 6.54 Å². The molecular formula is C14H14N4O3. The Kier molecular flexibility index (Phi) is 3.33. The molecule has 0 bridgehead atoms. The van der Waals surface area contributed by atoms with E-state index in [-0.39, 0.29) is 18.2 Å². The first-order valence-electron chi connectivity index (χ1n) is 6.41. The SMILES string of the molecule is NNC(=O)c1ccc(CN2CC(=O)Nc3ccccc32)o1. The van der Waals surface area contributed by atoms with E-state index >= 15 is 0 Å². The molecule has 1 aliphatic rings. The van der Waals surface area contributed by atoms with Crippen LogP contribution in [-0.4, -0.2) is 18.4 Å². The number of carbonyl (C=O) groups excluding carboxylic acids is 2. The van der Waals surface area contributed by atoms with Crippen molar-refractivity contribution in [3.05, 3.63) is 47.9 Å². The number of para-hydroxylation sites is 2. The molecule has 4 N–H and O–H groups in total. The van der Waals surface area contributed by atoms with E-state index in [9.17, 15) is 9.59 Å². The van der Waals surface area contributed by atoms with Crippen molar-refractivity contribution in [2.75, 3.05) is 16.8 Å². The molecule has 7 heteroatoms. The lowest BCUT2D eigenvalue weighted by Crippen LogP contribution is -2.37. The van der Waals surface area contributed by atoms with Gasteiger partial charge in [-0.3, -0.25) is 15.0 Å². The van der Waals surface area contributed by atoms with Crippen LogP contribution in [0.1, 0.15) is 16.3 Å². The van der Waals surface area contributed by atoms with Crippen molar-refractivity contribution >= 4 is 23.2 Å². The number of carbonyl (C=O) groups is 2. The zero-order valence-corrected chi connectivity index (χ0v) is 11.1. The maximum absolute atomic E-state index is 11.7. The van der Waals surface area contributed by atoms with Gasteiger partial charge in [0.2, 0.25) is 5.91 Å². The van der Waals surface area contributed by atoms with E-state index in [4.69, 9.17) is 10.3 Å². The molecule has 2 aromatic rings. The van der Waals surface area contributed by atoms with Crippen LogP contribution in [0, 0.1) is 0 Å². The molecule has 7 nitrogen and oxygen atoms in total. The number of nitrogens with zero attached hydrogens (tertiary/aromatic N) is 1. The minimum Gasteiger partial charge on any atom is -0.454 e. The molecule has 0 atom stereocenters. The predicted octanol–water partition coefficient (Wildman–Crippen LogP) is 0.842. The maximum Gasteiger partial charge on any atom is 0.300 e. The van der Waals surface area contributed by atoms with Gasteiger partial charge >= 0.3 is 5.91 Å². The van der Waals surface area contributed by atoms with Crippen molar-refractivity contribution < 1.29 is 14.0 Å². The summed E-state index contributed by atoms with van der Waals surface area (Å²) in [5.74, 6) is 5.21. The fourth-order valence-electron chi connectivity index (χ4n) is 2.29. The van der Waals surface area contributed by atoms with Gasteiger partial charge in [-0.1, -0.05) is 12.1 Å². The third-order valence-electron chi connectivity index (χ3n) is 3.22. The van der Waals surface area contributed by atoms with Crippen LogP contribution in [0.4, 0.5) is 11.4 Å². The second kappa shape index (κ2) is 5.29. The van der Waals surface area contributed by atoms with Crippen molar-refractivity contribution in [1.29, 1.82) is 0 Å². The van der Waals surface area contributed by atoms with E-state index < -0.39 is 5.91 Å². The van der Waals surface area contributed by atoms with Gasteiger partial charge in [0.05, 0.1) is 24.5 Å². The Bertz CT molecular complexity index is 695. The van der Waals surface area contributed by atoms with Gasteiger partial charge in [0, 0.05) is 0 Å². The third-order valence-corrected chi connectivity index (χ3v) is 3.22. The molecule has 1 aliphatic heterocycles. The van der Waals surface area contributed by atoms with E-state index in [2.05, 4.69) is 5.32 Å². The van der Waals surface area contributed by atoms with E-state index in [1.165, 1.54) is 0 Å². The highest BCUT2D eigenvalue weighted by Gasteiger charge is 2.22. The van der Waals surface area contributed by atoms with E-state index in [1.54, 1.807) is 12.1 Å². The number of nitrogens with two attached hydrogens (primary N) is 1. The molecule has 2 heterocycles. The molecule has 21 heavy (non-hydrogen) atoms. The van der Waals surface area contributed by atoms with Gasteiger partial charge in [0.1, 0.15) is 5.76 Å². The van der Waals surface area contributed by atoms with Crippen LogP contribution < -0.4 is 21.5 Å². The molecule has 0 saturated carbocycles. The first kappa shape index (κ1) is 13.2. The quantitative estimate of drug-likeness (QED) is 0.441. The second-order valence-corrected chi connectivity index (χ2v) is 4.66.